The number of nitrogens with zero attached hydrogens (tertiary/aromatic N) is 3. The Morgan fingerprint density at radius 2 is 2.06 bits per heavy atom. The van der Waals surface area contributed by atoms with Gasteiger partial charge in [-0.2, -0.15) is 0 Å². The second-order valence-electron chi connectivity index (χ2n) is 5.68. The number of hydrogen-bond acceptors (Lipinski definition) is 4. The first-order valence-electron chi connectivity index (χ1n) is 6.59. The Kier molecular flexibility index (Phi) is 3.88. The summed E-state index contributed by atoms with van der Waals surface area (Å²) in [5.74, 6) is 0. The molecule has 100 valence electrons. The fraction of sp³-hybridized carbons (Fsp3) is 0.643. The fourth-order valence-corrected chi connectivity index (χ4v) is 2.73. The van der Waals surface area contributed by atoms with Crippen molar-refractivity contribution in [3.05, 3.63) is 24.0 Å². The van der Waals surface area contributed by atoms with Gasteiger partial charge in [0.05, 0.1) is 11.4 Å². The summed E-state index contributed by atoms with van der Waals surface area (Å²) < 4.78 is 0. The Morgan fingerprint density at radius 3 is 2.56 bits per heavy atom. The van der Waals surface area contributed by atoms with Crippen LogP contribution in [0, 0.1) is 0 Å². The first-order valence-corrected chi connectivity index (χ1v) is 6.59. The van der Waals surface area contributed by atoms with E-state index in [4.69, 9.17) is 5.73 Å². The van der Waals surface area contributed by atoms with E-state index in [2.05, 4.69) is 35.9 Å². The molecule has 1 aromatic heterocycles. The largest absolute Gasteiger partial charge is 0.397 e. The predicted molar refractivity (Wildman–Crippen MR) is 75.3 cm³/mol. The molecule has 0 atom stereocenters. The van der Waals surface area contributed by atoms with Crippen molar-refractivity contribution in [1.82, 2.24) is 14.8 Å². The van der Waals surface area contributed by atoms with Gasteiger partial charge in [0, 0.05) is 24.8 Å². The summed E-state index contributed by atoms with van der Waals surface area (Å²) in [6.45, 7) is 1.90. The van der Waals surface area contributed by atoms with Crippen LogP contribution in [-0.2, 0) is 6.54 Å². The molecule has 1 fully saturated rings. The number of pyridine rings is 1. The van der Waals surface area contributed by atoms with E-state index in [1.165, 1.54) is 19.3 Å². The molecular formula is C14H24N4. The molecule has 1 aliphatic rings. The third kappa shape index (κ3) is 2.65. The number of rotatable bonds is 5. The minimum atomic E-state index is 0.359. The Balaban J connectivity index is 1.97. The van der Waals surface area contributed by atoms with E-state index in [0.29, 0.717) is 5.54 Å². The van der Waals surface area contributed by atoms with Gasteiger partial charge < -0.3 is 10.6 Å². The van der Waals surface area contributed by atoms with Crippen LogP contribution in [0.1, 0.15) is 25.0 Å². The van der Waals surface area contributed by atoms with Crippen molar-refractivity contribution in [2.45, 2.75) is 31.3 Å². The van der Waals surface area contributed by atoms with E-state index in [9.17, 15) is 0 Å². The lowest BCUT2D eigenvalue weighted by molar-refractivity contribution is 0.0256. The highest BCUT2D eigenvalue weighted by Gasteiger charge is 2.39. The zero-order valence-electron chi connectivity index (χ0n) is 11.7. The fourth-order valence-electron chi connectivity index (χ4n) is 2.73. The number of nitrogen functional groups attached to an aromatic ring is 1. The molecule has 2 rings (SSSR count). The Bertz CT molecular complexity index is 399. The van der Waals surface area contributed by atoms with Gasteiger partial charge in [0.1, 0.15) is 0 Å². The number of anilines is 1. The van der Waals surface area contributed by atoms with E-state index < -0.39 is 0 Å². The second kappa shape index (κ2) is 5.24. The standard InChI is InChI=1S/C14H24N4/c1-17(2)14(7-5-8-14)11-18(3)10-13-12(15)6-4-9-16-13/h4,6,9H,5,7-8,10-11,15H2,1-3H3. The smallest absolute Gasteiger partial charge is 0.0772 e. The molecule has 0 spiro atoms. The van der Waals surface area contributed by atoms with Gasteiger partial charge in [-0.25, -0.2) is 0 Å². The van der Waals surface area contributed by atoms with Crippen LogP contribution in [0.25, 0.3) is 0 Å². The predicted octanol–water partition coefficient (Wildman–Crippen LogP) is 1.58. The molecule has 2 N–H and O–H groups in total. The maximum absolute atomic E-state index is 5.94. The molecule has 0 radical (unpaired) electrons. The highest BCUT2D eigenvalue weighted by Crippen LogP contribution is 2.36. The molecule has 0 saturated heterocycles. The number of nitrogens with two attached hydrogens (primary N) is 1. The van der Waals surface area contributed by atoms with E-state index in [0.717, 1.165) is 24.5 Å². The van der Waals surface area contributed by atoms with Crippen LogP contribution < -0.4 is 5.73 Å². The van der Waals surface area contributed by atoms with Crippen LogP contribution in [0.2, 0.25) is 0 Å². The molecule has 0 amide bonds. The molecule has 1 aliphatic carbocycles. The van der Waals surface area contributed by atoms with Crippen molar-refractivity contribution >= 4 is 5.69 Å². The average Bonchev–Trinajstić information content (AvgIpc) is 2.26. The van der Waals surface area contributed by atoms with Crippen LogP contribution >= 0.6 is 0 Å². The lowest BCUT2D eigenvalue weighted by Gasteiger charge is -2.49. The summed E-state index contributed by atoms with van der Waals surface area (Å²) in [5.41, 5.74) is 8.07. The number of aromatic nitrogens is 1. The molecule has 0 bridgehead atoms. The summed E-state index contributed by atoms with van der Waals surface area (Å²) in [7, 11) is 6.52. The second-order valence-corrected chi connectivity index (χ2v) is 5.68. The molecule has 18 heavy (non-hydrogen) atoms. The molecule has 4 heteroatoms. The third-order valence-electron chi connectivity index (χ3n) is 4.14. The lowest BCUT2D eigenvalue weighted by Crippen LogP contribution is -2.56. The van der Waals surface area contributed by atoms with Crippen LogP contribution in [-0.4, -0.2) is 48.0 Å². The normalized spacial score (nSPS) is 18.1. The van der Waals surface area contributed by atoms with E-state index in [1.807, 2.05) is 18.3 Å². The maximum atomic E-state index is 5.94. The molecule has 1 saturated carbocycles. The van der Waals surface area contributed by atoms with Crippen molar-refractivity contribution in [3.8, 4) is 0 Å². The van der Waals surface area contributed by atoms with Crippen molar-refractivity contribution < 1.29 is 0 Å². The van der Waals surface area contributed by atoms with Gasteiger partial charge in [-0.1, -0.05) is 0 Å². The van der Waals surface area contributed by atoms with Gasteiger partial charge in [0.2, 0.25) is 0 Å². The average molecular weight is 248 g/mol. The topological polar surface area (TPSA) is 45.4 Å². The van der Waals surface area contributed by atoms with Gasteiger partial charge in [0.25, 0.3) is 0 Å². The highest BCUT2D eigenvalue weighted by atomic mass is 15.2. The quantitative estimate of drug-likeness (QED) is 0.859. The molecule has 0 unspecified atom stereocenters. The molecular weight excluding hydrogens is 224 g/mol. The van der Waals surface area contributed by atoms with Gasteiger partial charge in [-0.3, -0.25) is 9.88 Å². The molecule has 4 nitrogen and oxygen atoms in total. The minimum Gasteiger partial charge on any atom is -0.397 e. The Morgan fingerprint density at radius 1 is 1.33 bits per heavy atom. The van der Waals surface area contributed by atoms with Crippen molar-refractivity contribution in [1.29, 1.82) is 0 Å². The first kappa shape index (κ1) is 13.3. The third-order valence-corrected chi connectivity index (χ3v) is 4.14. The van der Waals surface area contributed by atoms with Gasteiger partial charge in [-0.05, 0) is 52.5 Å². The highest BCUT2D eigenvalue weighted by molar-refractivity contribution is 5.41. The summed E-state index contributed by atoms with van der Waals surface area (Å²) in [5, 5.41) is 0. The molecule has 0 aromatic carbocycles. The van der Waals surface area contributed by atoms with Crippen LogP contribution in [0.4, 0.5) is 5.69 Å². The SMILES string of the molecule is CN(Cc1ncccc1N)CC1(N(C)C)CCC1. The Hall–Kier alpha value is -1.13. The zero-order chi connectivity index (χ0) is 13.2. The van der Waals surface area contributed by atoms with E-state index in [1.54, 1.807) is 0 Å². The summed E-state index contributed by atoms with van der Waals surface area (Å²) in [4.78, 5) is 9.06. The van der Waals surface area contributed by atoms with Gasteiger partial charge in [-0.15, -0.1) is 0 Å². The van der Waals surface area contributed by atoms with Crippen LogP contribution in [0.3, 0.4) is 0 Å². The summed E-state index contributed by atoms with van der Waals surface area (Å²) in [6, 6.07) is 3.80. The van der Waals surface area contributed by atoms with Gasteiger partial charge >= 0.3 is 0 Å². The monoisotopic (exact) mass is 248 g/mol. The van der Waals surface area contributed by atoms with E-state index >= 15 is 0 Å². The molecule has 0 aliphatic heterocycles. The summed E-state index contributed by atoms with van der Waals surface area (Å²) in [6.07, 6.45) is 5.74. The van der Waals surface area contributed by atoms with Crippen molar-refractivity contribution in [2.75, 3.05) is 33.4 Å². The van der Waals surface area contributed by atoms with Gasteiger partial charge in [0.15, 0.2) is 0 Å². The van der Waals surface area contributed by atoms with Crippen molar-refractivity contribution in [2.24, 2.45) is 0 Å². The number of hydrogen-bond donors (Lipinski definition) is 1. The maximum Gasteiger partial charge on any atom is 0.0772 e. The van der Waals surface area contributed by atoms with E-state index in [-0.39, 0.29) is 0 Å². The summed E-state index contributed by atoms with van der Waals surface area (Å²) >= 11 is 0. The lowest BCUT2D eigenvalue weighted by atomic mass is 9.75. The molecule has 1 aromatic rings. The Labute approximate surface area is 110 Å². The first-order chi connectivity index (χ1) is 8.53. The number of likely N-dealkylation sites (N-methyl/N-ethyl adjacent to an activating group) is 2. The zero-order valence-corrected chi connectivity index (χ0v) is 11.7. The van der Waals surface area contributed by atoms with Crippen molar-refractivity contribution in [3.63, 3.8) is 0 Å². The minimum absolute atomic E-state index is 0.359. The molecule has 1 heterocycles. The van der Waals surface area contributed by atoms with Crippen LogP contribution in [0.5, 0.6) is 0 Å². The van der Waals surface area contributed by atoms with Crippen LogP contribution in [0.15, 0.2) is 18.3 Å².